The van der Waals surface area contributed by atoms with E-state index in [1.54, 1.807) is 0 Å². The molecule has 0 aliphatic carbocycles. The Bertz CT molecular complexity index is 104. The first-order valence-electron chi connectivity index (χ1n) is 4.56. The second kappa shape index (κ2) is 4.90. The Morgan fingerprint density at radius 2 is 2.36 bits per heavy atom. The molecule has 65 valence electrons. The van der Waals surface area contributed by atoms with Crippen molar-refractivity contribution in [1.29, 1.82) is 0 Å². The lowest BCUT2D eigenvalue weighted by Crippen LogP contribution is -2.31. The molecule has 1 heterocycles. The second-order valence-electron chi connectivity index (χ2n) is 3.22. The van der Waals surface area contributed by atoms with Gasteiger partial charge in [-0.3, -0.25) is 0 Å². The first-order chi connectivity index (χ1) is 5.33. The van der Waals surface area contributed by atoms with Gasteiger partial charge in [-0.05, 0) is 24.9 Å². The lowest BCUT2D eigenvalue weighted by atomic mass is 10.3. The zero-order chi connectivity index (χ0) is 8.10. The van der Waals surface area contributed by atoms with Crippen LogP contribution in [-0.4, -0.2) is 21.7 Å². The van der Waals surface area contributed by atoms with Crippen LogP contribution in [0.1, 0.15) is 26.2 Å². The summed E-state index contributed by atoms with van der Waals surface area (Å²) >= 11 is 0. The average Bonchev–Trinajstić information content (AvgIpc) is 2.06. The number of hydrogen-bond donors (Lipinski definition) is 1. The van der Waals surface area contributed by atoms with E-state index in [0.29, 0.717) is 6.04 Å². The minimum Gasteiger partial charge on any atom is -0.417 e. The third-order valence-corrected chi connectivity index (χ3v) is 4.67. The van der Waals surface area contributed by atoms with Gasteiger partial charge < -0.3 is 10.2 Å². The maximum absolute atomic E-state index is 5.85. The Balaban J connectivity index is 2.13. The van der Waals surface area contributed by atoms with Gasteiger partial charge in [0.15, 0.2) is 0 Å². The lowest BCUT2D eigenvalue weighted by molar-refractivity contribution is 0.284. The van der Waals surface area contributed by atoms with Crippen LogP contribution in [0, 0.1) is 0 Å². The Morgan fingerprint density at radius 3 is 2.91 bits per heavy atom. The predicted molar refractivity (Wildman–Crippen MR) is 48.8 cm³/mol. The minimum atomic E-state index is -0.484. The fraction of sp³-hybridized carbons (Fsp3) is 1.00. The van der Waals surface area contributed by atoms with Gasteiger partial charge in [0, 0.05) is 12.6 Å². The molecule has 0 amide bonds. The van der Waals surface area contributed by atoms with E-state index in [-0.39, 0.29) is 0 Å². The van der Waals surface area contributed by atoms with Crippen molar-refractivity contribution in [3.8, 4) is 0 Å². The van der Waals surface area contributed by atoms with E-state index >= 15 is 0 Å². The molecule has 1 rings (SSSR count). The zero-order valence-corrected chi connectivity index (χ0v) is 8.31. The standard InChI is InChI=1S/C8H18NOSi/c1-2-8(9)7-11-6-4-3-5-10-11/h8H,2-7,9H2,1H3. The van der Waals surface area contributed by atoms with Crippen LogP contribution in [0.5, 0.6) is 0 Å². The van der Waals surface area contributed by atoms with E-state index in [1.807, 2.05) is 0 Å². The minimum absolute atomic E-state index is 0.391. The van der Waals surface area contributed by atoms with Gasteiger partial charge in [0.2, 0.25) is 9.04 Å². The Morgan fingerprint density at radius 1 is 1.55 bits per heavy atom. The molecule has 0 saturated carbocycles. The van der Waals surface area contributed by atoms with E-state index in [9.17, 15) is 0 Å². The highest BCUT2D eigenvalue weighted by Crippen LogP contribution is 2.15. The maximum atomic E-state index is 5.85. The van der Waals surface area contributed by atoms with Crippen LogP contribution in [0.15, 0.2) is 0 Å². The van der Waals surface area contributed by atoms with Crippen LogP contribution in [0.3, 0.4) is 0 Å². The monoisotopic (exact) mass is 172 g/mol. The van der Waals surface area contributed by atoms with Gasteiger partial charge in [-0.2, -0.15) is 0 Å². The molecule has 0 aromatic heterocycles. The summed E-state index contributed by atoms with van der Waals surface area (Å²) < 4.78 is 5.67. The van der Waals surface area contributed by atoms with Crippen molar-refractivity contribution in [2.45, 2.75) is 44.3 Å². The summed E-state index contributed by atoms with van der Waals surface area (Å²) in [5.41, 5.74) is 5.85. The predicted octanol–water partition coefficient (Wildman–Crippen LogP) is 1.53. The van der Waals surface area contributed by atoms with Crippen LogP contribution < -0.4 is 5.73 Å². The summed E-state index contributed by atoms with van der Waals surface area (Å²) in [6.07, 6.45) is 3.72. The number of hydrogen-bond acceptors (Lipinski definition) is 2. The summed E-state index contributed by atoms with van der Waals surface area (Å²) in [4.78, 5) is 0. The van der Waals surface area contributed by atoms with Crippen molar-refractivity contribution >= 4 is 9.04 Å². The molecule has 1 unspecified atom stereocenters. The first-order valence-corrected chi connectivity index (χ1v) is 6.38. The molecular formula is C8H18NOSi. The Hall–Kier alpha value is 0.137. The molecule has 1 fully saturated rings. The summed E-state index contributed by atoms with van der Waals surface area (Å²) in [5.74, 6) is 0. The molecule has 1 aliphatic heterocycles. The Kier molecular flexibility index (Phi) is 4.11. The molecule has 2 nitrogen and oxygen atoms in total. The Labute approximate surface area is 70.8 Å². The third-order valence-electron chi connectivity index (χ3n) is 2.17. The number of nitrogens with two attached hydrogens (primary N) is 1. The van der Waals surface area contributed by atoms with Gasteiger partial charge in [0.1, 0.15) is 0 Å². The van der Waals surface area contributed by atoms with Crippen molar-refractivity contribution in [2.24, 2.45) is 5.73 Å². The van der Waals surface area contributed by atoms with Crippen molar-refractivity contribution in [2.75, 3.05) is 6.61 Å². The lowest BCUT2D eigenvalue weighted by Gasteiger charge is -2.22. The molecule has 1 atom stereocenters. The summed E-state index contributed by atoms with van der Waals surface area (Å²) in [5, 5.41) is 0. The topological polar surface area (TPSA) is 35.2 Å². The summed E-state index contributed by atoms with van der Waals surface area (Å²) in [6.45, 7) is 3.14. The van der Waals surface area contributed by atoms with E-state index in [4.69, 9.17) is 10.2 Å². The fourth-order valence-corrected chi connectivity index (χ4v) is 3.73. The average molecular weight is 172 g/mol. The van der Waals surface area contributed by atoms with Crippen LogP contribution in [-0.2, 0) is 4.43 Å². The van der Waals surface area contributed by atoms with Gasteiger partial charge in [0.05, 0.1) is 0 Å². The molecule has 3 heteroatoms. The highest BCUT2D eigenvalue weighted by Gasteiger charge is 2.19. The van der Waals surface area contributed by atoms with Crippen LogP contribution >= 0.6 is 0 Å². The molecule has 1 saturated heterocycles. The molecule has 1 aliphatic rings. The maximum Gasteiger partial charge on any atom is 0.212 e. The van der Waals surface area contributed by atoms with Crippen molar-refractivity contribution in [3.63, 3.8) is 0 Å². The van der Waals surface area contributed by atoms with Gasteiger partial charge in [0.25, 0.3) is 0 Å². The highest BCUT2D eigenvalue weighted by molar-refractivity contribution is 6.52. The van der Waals surface area contributed by atoms with Gasteiger partial charge >= 0.3 is 0 Å². The van der Waals surface area contributed by atoms with Crippen molar-refractivity contribution < 1.29 is 4.43 Å². The van der Waals surface area contributed by atoms with Crippen LogP contribution in [0.2, 0.25) is 12.1 Å². The SMILES string of the molecule is CCC(N)C[Si]1CCCCO1. The van der Waals surface area contributed by atoms with Crippen LogP contribution in [0.4, 0.5) is 0 Å². The molecule has 1 radical (unpaired) electrons. The molecule has 11 heavy (non-hydrogen) atoms. The first kappa shape index (κ1) is 9.23. The van der Waals surface area contributed by atoms with Crippen molar-refractivity contribution in [3.05, 3.63) is 0 Å². The number of rotatable bonds is 3. The second-order valence-corrected chi connectivity index (χ2v) is 5.49. The zero-order valence-electron chi connectivity index (χ0n) is 7.31. The molecule has 0 aromatic rings. The quantitative estimate of drug-likeness (QED) is 0.655. The van der Waals surface area contributed by atoms with E-state index in [2.05, 4.69) is 6.92 Å². The fourth-order valence-electron chi connectivity index (χ4n) is 1.31. The molecule has 2 N–H and O–H groups in total. The molecule has 0 aromatic carbocycles. The van der Waals surface area contributed by atoms with Gasteiger partial charge in [-0.1, -0.05) is 13.3 Å². The van der Waals surface area contributed by atoms with E-state index < -0.39 is 9.04 Å². The van der Waals surface area contributed by atoms with Gasteiger partial charge in [-0.25, -0.2) is 0 Å². The molecular weight excluding hydrogens is 154 g/mol. The van der Waals surface area contributed by atoms with Crippen molar-refractivity contribution in [1.82, 2.24) is 0 Å². The summed E-state index contributed by atoms with van der Waals surface area (Å²) in [6, 6.07) is 2.86. The third kappa shape index (κ3) is 3.36. The smallest absolute Gasteiger partial charge is 0.212 e. The van der Waals surface area contributed by atoms with E-state index in [1.165, 1.54) is 18.9 Å². The van der Waals surface area contributed by atoms with Gasteiger partial charge in [-0.15, -0.1) is 0 Å². The van der Waals surface area contributed by atoms with E-state index in [0.717, 1.165) is 19.1 Å². The molecule has 0 bridgehead atoms. The largest absolute Gasteiger partial charge is 0.417 e. The van der Waals surface area contributed by atoms with Crippen LogP contribution in [0.25, 0.3) is 0 Å². The normalized spacial score (nSPS) is 23.5. The summed E-state index contributed by atoms with van der Waals surface area (Å²) in [7, 11) is -0.484. The highest BCUT2D eigenvalue weighted by atomic mass is 28.3. The molecule has 0 spiro atoms.